The molecule has 1 aliphatic carbocycles. The monoisotopic (exact) mass is 404 g/mol. The molecule has 0 aliphatic heterocycles. The van der Waals surface area contributed by atoms with Crippen LogP contribution in [0.5, 0.6) is 6.01 Å². The summed E-state index contributed by atoms with van der Waals surface area (Å²) in [7, 11) is 0. The average Bonchev–Trinajstić information content (AvgIpc) is 3.48. The van der Waals surface area contributed by atoms with Crippen LogP contribution in [0.15, 0.2) is 71.0 Å². The highest BCUT2D eigenvalue weighted by molar-refractivity contribution is 5.58. The maximum absolute atomic E-state index is 5.72. The van der Waals surface area contributed by atoms with Gasteiger partial charge in [0.25, 0.3) is 0 Å². The third-order valence-electron chi connectivity index (χ3n) is 4.61. The van der Waals surface area contributed by atoms with Gasteiger partial charge in [-0.05, 0) is 25.8 Å². The van der Waals surface area contributed by atoms with Crippen molar-refractivity contribution >= 4 is 5.82 Å². The Morgan fingerprint density at radius 3 is 2.80 bits per heavy atom. The zero-order valence-electron chi connectivity index (χ0n) is 16.8. The number of nitrogens with two attached hydrogens (primary N) is 1. The van der Waals surface area contributed by atoms with Crippen molar-refractivity contribution in [3.63, 3.8) is 0 Å². The number of rotatable bonds is 9. The molecule has 0 amide bonds. The number of aryl methyl sites for hydroxylation is 1. The Kier molecular flexibility index (Phi) is 5.76. The number of benzene rings is 1. The first-order valence-electron chi connectivity index (χ1n) is 9.74. The fourth-order valence-electron chi connectivity index (χ4n) is 2.99. The second-order valence-corrected chi connectivity index (χ2v) is 7.18. The molecule has 8 nitrogen and oxygen atoms in total. The maximum Gasteiger partial charge on any atom is 0.319 e. The number of nitrogens with zero attached hydrogens (tertiary/aromatic N) is 3. The molecule has 0 unspecified atom stereocenters. The van der Waals surface area contributed by atoms with Crippen LogP contribution in [-0.2, 0) is 6.61 Å². The normalized spacial score (nSPS) is 13.7. The Bertz CT molecular complexity index is 1060. The molecule has 0 atom stereocenters. The Labute approximate surface area is 174 Å². The molecule has 0 radical (unpaired) electrons. The fraction of sp³-hybridized carbons (Fsp3) is 0.227. The molecular weight excluding hydrogens is 380 g/mol. The van der Waals surface area contributed by atoms with E-state index in [1.54, 1.807) is 0 Å². The summed E-state index contributed by atoms with van der Waals surface area (Å²) in [4.78, 5) is 8.72. The standard InChI is InChI=1S/C22H24N6O2/c1-14(10-19(27-23)17-8-9-17)24-21-11-15(2)25-22(26-21)29-13-18-12-20(28-30-18)16-6-4-3-5-7-16/h3-7,10-12,17,27H,1,8-9,13,23H2,2H3,(H,24,25,26)/b19-10-. The Morgan fingerprint density at radius 2 is 2.07 bits per heavy atom. The van der Waals surface area contributed by atoms with Crippen molar-refractivity contribution in [3.8, 4) is 17.3 Å². The lowest BCUT2D eigenvalue weighted by Crippen LogP contribution is -2.22. The minimum absolute atomic E-state index is 0.173. The predicted molar refractivity (Wildman–Crippen MR) is 114 cm³/mol. The number of allylic oxidation sites excluding steroid dienone is 2. The smallest absolute Gasteiger partial charge is 0.319 e. The van der Waals surface area contributed by atoms with E-state index in [9.17, 15) is 0 Å². The molecule has 4 N–H and O–H groups in total. The molecule has 0 bridgehead atoms. The molecule has 8 heteroatoms. The molecule has 1 aromatic carbocycles. The topological polar surface area (TPSA) is 111 Å². The Morgan fingerprint density at radius 1 is 1.27 bits per heavy atom. The summed E-state index contributed by atoms with van der Waals surface area (Å²) in [6.07, 6.45) is 4.18. The third kappa shape index (κ3) is 5.03. The van der Waals surface area contributed by atoms with E-state index in [2.05, 4.69) is 32.4 Å². The molecular formula is C22H24N6O2. The summed E-state index contributed by atoms with van der Waals surface area (Å²) >= 11 is 0. The second kappa shape index (κ2) is 8.79. The number of nitrogens with one attached hydrogen (secondary N) is 2. The fourth-order valence-corrected chi connectivity index (χ4v) is 2.99. The van der Waals surface area contributed by atoms with Gasteiger partial charge in [-0.15, -0.1) is 0 Å². The van der Waals surface area contributed by atoms with Gasteiger partial charge in [-0.3, -0.25) is 5.84 Å². The first-order valence-corrected chi connectivity index (χ1v) is 9.74. The van der Waals surface area contributed by atoms with Gasteiger partial charge >= 0.3 is 6.01 Å². The van der Waals surface area contributed by atoms with Crippen LogP contribution in [0.4, 0.5) is 5.82 Å². The van der Waals surface area contributed by atoms with E-state index >= 15 is 0 Å². The summed E-state index contributed by atoms with van der Waals surface area (Å²) in [5.41, 5.74) is 6.89. The number of ether oxygens (including phenoxy) is 1. The lowest BCUT2D eigenvalue weighted by atomic mass is 10.1. The number of hydrogen-bond acceptors (Lipinski definition) is 8. The number of hydrazine groups is 1. The van der Waals surface area contributed by atoms with E-state index in [0.29, 0.717) is 23.2 Å². The van der Waals surface area contributed by atoms with E-state index in [1.165, 1.54) is 0 Å². The molecule has 1 saturated carbocycles. The molecule has 154 valence electrons. The van der Waals surface area contributed by atoms with Crippen LogP contribution >= 0.6 is 0 Å². The maximum atomic E-state index is 5.72. The van der Waals surface area contributed by atoms with Gasteiger partial charge in [0.1, 0.15) is 11.5 Å². The highest BCUT2D eigenvalue weighted by atomic mass is 16.5. The van der Waals surface area contributed by atoms with Gasteiger partial charge in [-0.1, -0.05) is 42.1 Å². The van der Waals surface area contributed by atoms with Crippen molar-refractivity contribution in [1.82, 2.24) is 20.6 Å². The molecule has 1 aliphatic rings. The van der Waals surface area contributed by atoms with E-state index in [4.69, 9.17) is 15.1 Å². The van der Waals surface area contributed by atoms with Crippen molar-refractivity contribution in [2.75, 3.05) is 5.32 Å². The largest absolute Gasteiger partial charge is 0.455 e. The van der Waals surface area contributed by atoms with Gasteiger partial charge in [-0.2, -0.15) is 4.98 Å². The highest BCUT2D eigenvalue weighted by Gasteiger charge is 2.25. The first kappa shape index (κ1) is 19.7. The predicted octanol–water partition coefficient (Wildman–Crippen LogP) is 3.70. The first-order chi connectivity index (χ1) is 14.6. The van der Waals surface area contributed by atoms with E-state index in [-0.39, 0.29) is 12.6 Å². The van der Waals surface area contributed by atoms with Crippen molar-refractivity contribution in [2.24, 2.45) is 11.8 Å². The van der Waals surface area contributed by atoms with Gasteiger partial charge < -0.3 is 20.0 Å². The van der Waals surface area contributed by atoms with Crippen LogP contribution in [0, 0.1) is 12.8 Å². The second-order valence-electron chi connectivity index (χ2n) is 7.18. The van der Waals surface area contributed by atoms with Crippen LogP contribution in [0.25, 0.3) is 11.3 Å². The van der Waals surface area contributed by atoms with Crippen LogP contribution in [0.2, 0.25) is 0 Å². The zero-order valence-corrected chi connectivity index (χ0v) is 16.8. The number of anilines is 1. The van der Waals surface area contributed by atoms with Crippen molar-refractivity contribution < 1.29 is 9.26 Å². The molecule has 0 spiro atoms. The lowest BCUT2D eigenvalue weighted by molar-refractivity contribution is 0.233. The van der Waals surface area contributed by atoms with Gasteiger partial charge in [0.05, 0.1) is 0 Å². The summed E-state index contributed by atoms with van der Waals surface area (Å²) < 4.78 is 11.1. The number of hydrogen-bond donors (Lipinski definition) is 3. The Balaban J connectivity index is 1.40. The Hall–Kier alpha value is -3.65. The van der Waals surface area contributed by atoms with Gasteiger partial charge in [-0.25, -0.2) is 4.98 Å². The van der Waals surface area contributed by atoms with Gasteiger partial charge in [0.2, 0.25) is 0 Å². The molecule has 4 rings (SSSR count). The lowest BCUT2D eigenvalue weighted by Gasteiger charge is -2.10. The van der Waals surface area contributed by atoms with Gasteiger partial charge in [0.15, 0.2) is 12.4 Å². The zero-order chi connectivity index (χ0) is 20.9. The number of aromatic nitrogens is 3. The van der Waals surface area contributed by atoms with Crippen molar-refractivity contribution in [1.29, 1.82) is 0 Å². The molecule has 3 aromatic rings. The summed E-state index contributed by atoms with van der Waals surface area (Å²) in [6.45, 7) is 6.07. The highest BCUT2D eigenvalue weighted by Crippen LogP contribution is 2.35. The van der Waals surface area contributed by atoms with Crippen molar-refractivity contribution in [3.05, 3.63) is 78.0 Å². The molecule has 0 saturated heterocycles. The SMILES string of the molecule is C=C(/C=C(\NN)C1CC1)Nc1cc(C)nc(OCc2cc(-c3ccccc3)no2)n1. The molecule has 2 aromatic heterocycles. The van der Waals surface area contributed by atoms with Crippen LogP contribution in [0.3, 0.4) is 0 Å². The average molecular weight is 404 g/mol. The van der Waals surface area contributed by atoms with Crippen LogP contribution < -0.4 is 21.3 Å². The molecule has 30 heavy (non-hydrogen) atoms. The molecule has 1 fully saturated rings. The minimum atomic E-state index is 0.173. The van der Waals surface area contributed by atoms with Crippen molar-refractivity contribution in [2.45, 2.75) is 26.4 Å². The quantitative estimate of drug-likeness (QED) is 0.281. The van der Waals surface area contributed by atoms with Crippen LogP contribution in [0.1, 0.15) is 24.3 Å². The van der Waals surface area contributed by atoms with Gasteiger partial charge in [0, 0.05) is 40.7 Å². The molecule has 2 heterocycles. The summed E-state index contributed by atoms with van der Waals surface area (Å²) in [5, 5.41) is 7.25. The van der Waals surface area contributed by atoms with Crippen LogP contribution in [-0.4, -0.2) is 15.1 Å². The van der Waals surface area contributed by atoms with E-state index in [0.717, 1.165) is 35.5 Å². The van der Waals surface area contributed by atoms with E-state index in [1.807, 2.05) is 55.5 Å². The third-order valence-corrected chi connectivity index (χ3v) is 4.61. The minimum Gasteiger partial charge on any atom is -0.455 e. The van der Waals surface area contributed by atoms with E-state index < -0.39 is 0 Å². The summed E-state index contributed by atoms with van der Waals surface area (Å²) in [6, 6.07) is 13.7. The summed E-state index contributed by atoms with van der Waals surface area (Å²) in [5.74, 6) is 7.26.